The zero-order valence-corrected chi connectivity index (χ0v) is 16.9. The normalized spacial score (nSPS) is 16.8. The quantitative estimate of drug-likeness (QED) is 0.523. The van der Waals surface area contributed by atoms with Crippen molar-refractivity contribution in [3.63, 3.8) is 0 Å². The Morgan fingerprint density at radius 3 is 2.37 bits per heavy atom. The van der Waals surface area contributed by atoms with Crippen LogP contribution in [-0.4, -0.2) is 54.4 Å². The molecule has 0 N–H and O–H groups in total. The Morgan fingerprint density at radius 2 is 1.63 bits per heavy atom. The SMILES string of the molecule is C=CCc1ccccc1OC[C@@H](S)CN1CCN(Cc2ccccc2)CC1. The van der Waals surface area contributed by atoms with Crippen molar-refractivity contribution < 1.29 is 4.74 Å². The lowest BCUT2D eigenvalue weighted by Crippen LogP contribution is -2.48. The fourth-order valence-electron chi connectivity index (χ4n) is 3.48. The van der Waals surface area contributed by atoms with Crippen LogP contribution in [0.3, 0.4) is 0 Å². The number of para-hydroxylation sites is 1. The molecule has 0 aliphatic carbocycles. The van der Waals surface area contributed by atoms with Crippen molar-refractivity contribution in [2.75, 3.05) is 39.3 Å². The number of hydrogen-bond acceptors (Lipinski definition) is 4. The first-order valence-electron chi connectivity index (χ1n) is 9.73. The van der Waals surface area contributed by atoms with Gasteiger partial charge in [-0.25, -0.2) is 0 Å². The standard InChI is InChI=1S/C23H30N2OS/c1-2-8-21-11-6-7-12-23(21)26-19-22(27)18-25-15-13-24(14-16-25)17-20-9-4-3-5-10-20/h2-7,9-12,22,27H,1,8,13-19H2/t22-/m0/s1. The number of allylic oxidation sites excluding steroid dienone is 1. The number of ether oxygens (including phenoxy) is 1. The molecule has 4 heteroatoms. The molecule has 27 heavy (non-hydrogen) atoms. The van der Waals surface area contributed by atoms with Crippen LogP contribution in [-0.2, 0) is 13.0 Å². The summed E-state index contributed by atoms with van der Waals surface area (Å²) < 4.78 is 6.03. The molecule has 1 saturated heterocycles. The van der Waals surface area contributed by atoms with Crippen LogP contribution >= 0.6 is 12.6 Å². The average Bonchev–Trinajstić information content (AvgIpc) is 2.70. The van der Waals surface area contributed by atoms with Gasteiger partial charge in [-0.3, -0.25) is 9.80 Å². The van der Waals surface area contributed by atoms with Crippen LogP contribution in [0, 0.1) is 0 Å². The van der Waals surface area contributed by atoms with Gasteiger partial charge in [-0.15, -0.1) is 6.58 Å². The van der Waals surface area contributed by atoms with Crippen LogP contribution in [0.25, 0.3) is 0 Å². The van der Waals surface area contributed by atoms with E-state index in [0.29, 0.717) is 6.61 Å². The minimum Gasteiger partial charge on any atom is -0.492 e. The molecule has 1 aliphatic rings. The molecule has 3 rings (SSSR count). The summed E-state index contributed by atoms with van der Waals surface area (Å²) in [6.07, 6.45) is 2.74. The fraction of sp³-hybridized carbons (Fsp3) is 0.391. The Kier molecular flexibility index (Phi) is 7.81. The first kappa shape index (κ1) is 20.0. The zero-order chi connectivity index (χ0) is 18.9. The molecule has 1 aliphatic heterocycles. The fourth-order valence-corrected chi connectivity index (χ4v) is 3.78. The molecule has 0 spiro atoms. The molecule has 0 amide bonds. The number of hydrogen-bond donors (Lipinski definition) is 1. The van der Waals surface area contributed by atoms with Crippen molar-refractivity contribution in [3.05, 3.63) is 78.4 Å². The molecule has 144 valence electrons. The highest BCUT2D eigenvalue weighted by Gasteiger charge is 2.19. The molecule has 0 unspecified atom stereocenters. The monoisotopic (exact) mass is 382 g/mol. The predicted octanol–water partition coefficient (Wildman–Crippen LogP) is 3.91. The molecule has 0 aromatic heterocycles. The third kappa shape index (κ3) is 6.42. The first-order chi connectivity index (χ1) is 13.2. The van der Waals surface area contributed by atoms with E-state index in [2.05, 4.69) is 52.8 Å². The van der Waals surface area contributed by atoms with Gasteiger partial charge in [0, 0.05) is 44.5 Å². The lowest BCUT2D eigenvalue weighted by atomic mass is 10.1. The molecule has 2 aromatic rings. The van der Waals surface area contributed by atoms with E-state index in [9.17, 15) is 0 Å². The maximum Gasteiger partial charge on any atom is 0.122 e. The lowest BCUT2D eigenvalue weighted by Gasteiger charge is -2.35. The summed E-state index contributed by atoms with van der Waals surface area (Å²) >= 11 is 4.76. The molecular formula is C23H30N2OS. The van der Waals surface area contributed by atoms with Gasteiger partial charge in [0.15, 0.2) is 0 Å². The zero-order valence-electron chi connectivity index (χ0n) is 16.0. The van der Waals surface area contributed by atoms with Crippen molar-refractivity contribution in [2.45, 2.75) is 18.2 Å². The molecule has 3 nitrogen and oxygen atoms in total. The Hall–Kier alpha value is -1.75. The van der Waals surface area contributed by atoms with Gasteiger partial charge in [0.05, 0.1) is 0 Å². The van der Waals surface area contributed by atoms with E-state index in [-0.39, 0.29) is 5.25 Å². The number of rotatable bonds is 9. The highest BCUT2D eigenvalue weighted by molar-refractivity contribution is 7.81. The summed E-state index contributed by atoms with van der Waals surface area (Å²) in [4.78, 5) is 5.03. The van der Waals surface area contributed by atoms with Gasteiger partial charge < -0.3 is 4.74 Å². The van der Waals surface area contributed by atoms with E-state index >= 15 is 0 Å². The second kappa shape index (κ2) is 10.5. The molecule has 1 atom stereocenters. The van der Waals surface area contributed by atoms with E-state index < -0.39 is 0 Å². The summed E-state index contributed by atoms with van der Waals surface area (Å²) in [5, 5.41) is 0.211. The van der Waals surface area contributed by atoms with Crippen LogP contribution in [0.4, 0.5) is 0 Å². The van der Waals surface area contributed by atoms with Gasteiger partial charge in [-0.05, 0) is 23.6 Å². The van der Waals surface area contributed by atoms with Gasteiger partial charge in [0.25, 0.3) is 0 Å². The molecule has 0 bridgehead atoms. The van der Waals surface area contributed by atoms with Crippen molar-refractivity contribution >= 4 is 12.6 Å². The van der Waals surface area contributed by atoms with E-state index in [0.717, 1.165) is 51.4 Å². The third-order valence-corrected chi connectivity index (χ3v) is 5.26. The van der Waals surface area contributed by atoms with Gasteiger partial charge in [0.1, 0.15) is 12.4 Å². The average molecular weight is 383 g/mol. The number of nitrogens with zero attached hydrogens (tertiary/aromatic N) is 2. The number of piperazine rings is 1. The molecular weight excluding hydrogens is 352 g/mol. The number of benzene rings is 2. The van der Waals surface area contributed by atoms with Crippen molar-refractivity contribution in [1.29, 1.82) is 0 Å². The first-order valence-corrected chi connectivity index (χ1v) is 10.2. The maximum absolute atomic E-state index is 6.03. The minimum absolute atomic E-state index is 0.211. The van der Waals surface area contributed by atoms with Crippen molar-refractivity contribution in [1.82, 2.24) is 9.80 Å². The van der Waals surface area contributed by atoms with Crippen LogP contribution in [0.1, 0.15) is 11.1 Å². The highest BCUT2D eigenvalue weighted by atomic mass is 32.1. The topological polar surface area (TPSA) is 15.7 Å². The van der Waals surface area contributed by atoms with E-state index in [1.165, 1.54) is 11.1 Å². The maximum atomic E-state index is 6.03. The Balaban J connectivity index is 1.39. The Bertz CT molecular complexity index is 699. The van der Waals surface area contributed by atoms with Gasteiger partial charge in [-0.2, -0.15) is 12.6 Å². The lowest BCUT2D eigenvalue weighted by molar-refractivity contribution is 0.123. The third-order valence-electron chi connectivity index (χ3n) is 4.95. The molecule has 1 fully saturated rings. The molecule has 0 saturated carbocycles. The summed E-state index contributed by atoms with van der Waals surface area (Å²) in [6.45, 7) is 10.9. The molecule has 1 heterocycles. The highest BCUT2D eigenvalue weighted by Crippen LogP contribution is 2.19. The molecule has 0 radical (unpaired) electrons. The number of thiol groups is 1. The van der Waals surface area contributed by atoms with Crippen molar-refractivity contribution in [2.24, 2.45) is 0 Å². The van der Waals surface area contributed by atoms with Crippen LogP contribution < -0.4 is 4.74 Å². The summed E-state index contributed by atoms with van der Waals surface area (Å²) in [6, 6.07) is 18.9. The Labute approximate surface area is 169 Å². The second-order valence-corrected chi connectivity index (χ2v) is 7.86. The molecule has 2 aromatic carbocycles. The predicted molar refractivity (Wildman–Crippen MR) is 117 cm³/mol. The van der Waals surface area contributed by atoms with Crippen LogP contribution in [0.15, 0.2) is 67.3 Å². The second-order valence-electron chi connectivity index (χ2n) is 7.13. The van der Waals surface area contributed by atoms with Gasteiger partial charge in [-0.1, -0.05) is 54.6 Å². The van der Waals surface area contributed by atoms with Crippen LogP contribution in [0.5, 0.6) is 5.75 Å². The summed E-state index contributed by atoms with van der Waals surface area (Å²) in [5.74, 6) is 0.948. The smallest absolute Gasteiger partial charge is 0.122 e. The minimum atomic E-state index is 0.211. The van der Waals surface area contributed by atoms with E-state index in [4.69, 9.17) is 17.4 Å². The summed E-state index contributed by atoms with van der Waals surface area (Å²) in [5.41, 5.74) is 2.58. The summed E-state index contributed by atoms with van der Waals surface area (Å²) in [7, 11) is 0. The van der Waals surface area contributed by atoms with Crippen LogP contribution in [0.2, 0.25) is 0 Å². The van der Waals surface area contributed by atoms with Gasteiger partial charge in [0.2, 0.25) is 0 Å². The Morgan fingerprint density at radius 1 is 0.963 bits per heavy atom. The van der Waals surface area contributed by atoms with E-state index in [1.807, 2.05) is 24.3 Å². The van der Waals surface area contributed by atoms with Crippen molar-refractivity contribution in [3.8, 4) is 5.75 Å². The van der Waals surface area contributed by atoms with Gasteiger partial charge >= 0.3 is 0 Å². The van der Waals surface area contributed by atoms with E-state index in [1.54, 1.807) is 0 Å². The largest absolute Gasteiger partial charge is 0.492 e.